The van der Waals surface area contributed by atoms with Crippen molar-refractivity contribution in [2.75, 3.05) is 26.2 Å². The molecule has 0 bridgehead atoms. The van der Waals surface area contributed by atoms with Crippen LogP contribution >= 0.6 is 0 Å². The Balaban J connectivity index is -0.00000156. The molecule has 0 heterocycles. The van der Waals surface area contributed by atoms with Gasteiger partial charge in [-0.05, 0) is 91.4 Å². The number of carboxylic acids is 2. The Morgan fingerprint density at radius 3 is 0.471 bits per heavy atom. The predicted octanol–water partition coefficient (Wildman–Crippen LogP) is 23.5. The van der Waals surface area contributed by atoms with E-state index in [1.165, 1.54) is 385 Å². The molecule has 85 heavy (non-hydrogen) atoms. The Morgan fingerprint density at radius 2 is 0.353 bits per heavy atom. The van der Waals surface area contributed by atoms with E-state index in [0.29, 0.717) is 12.1 Å². The molecule has 0 rings (SSSR count). The summed E-state index contributed by atoms with van der Waals surface area (Å²) < 4.78 is 0. The number of carbonyl (C=O) groups is 2. The van der Waals surface area contributed by atoms with E-state index in [1.807, 2.05) is 0 Å². The molecule has 0 radical (unpaired) electrons. The summed E-state index contributed by atoms with van der Waals surface area (Å²) in [6.45, 7) is 18.1. The first-order chi connectivity index (χ1) is 41.2. The second-order valence-corrected chi connectivity index (χ2v) is 27.4. The largest absolute Gasteiger partial charge is 2.00 e. The molecule has 2 atom stereocenters. The van der Waals surface area contributed by atoms with E-state index in [-0.39, 0.29) is 50.6 Å². The fourth-order valence-corrected chi connectivity index (χ4v) is 12.9. The first-order valence-corrected chi connectivity index (χ1v) is 39.1. The van der Waals surface area contributed by atoms with Crippen molar-refractivity contribution < 1.29 is 19.8 Å². The molecule has 0 saturated heterocycles. The molecule has 0 N–H and O–H groups in total. The molecule has 0 aromatic carbocycles. The van der Waals surface area contributed by atoms with Crippen LogP contribution in [0.5, 0.6) is 0 Å². The van der Waals surface area contributed by atoms with Crippen molar-refractivity contribution in [3.8, 4) is 0 Å². The molecule has 0 fully saturated rings. The number of carbonyl (C=O) groups excluding carboxylic acids is 2. The second-order valence-electron chi connectivity index (χ2n) is 27.4. The Kier molecular flexibility index (Phi) is 82.3. The molecule has 0 aliphatic rings. The monoisotopic (exact) mass is 1230 g/mol. The summed E-state index contributed by atoms with van der Waals surface area (Å²) in [5.74, 6) is -1.80. The number of aliphatic carboxylic acids is 2. The van der Waals surface area contributed by atoms with Crippen LogP contribution in [0.2, 0.25) is 0 Å². The van der Waals surface area contributed by atoms with Crippen LogP contribution in [0, 0.1) is 0 Å². The zero-order chi connectivity index (χ0) is 61.5. The molecule has 2 unspecified atom stereocenters. The maximum Gasteiger partial charge on any atom is 2.00 e. The van der Waals surface area contributed by atoms with Crippen molar-refractivity contribution in [1.82, 2.24) is 9.80 Å². The summed E-state index contributed by atoms with van der Waals surface area (Å²) in [6, 6.07) is 0.697. The van der Waals surface area contributed by atoms with Crippen LogP contribution in [0.3, 0.4) is 0 Å². The van der Waals surface area contributed by atoms with Gasteiger partial charge < -0.3 is 29.6 Å². The van der Waals surface area contributed by atoms with Crippen LogP contribution in [-0.4, -0.2) is 97.7 Å². The average molecular weight is 1230 g/mol. The van der Waals surface area contributed by atoms with Crippen LogP contribution in [-0.2, 0) is 9.59 Å². The molecule has 0 saturated carbocycles. The van der Waals surface area contributed by atoms with Crippen molar-refractivity contribution >= 4 is 49.7 Å². The zero-order valence-electron chi connectivity index (χ0n) is 59.5. The van der Waals surface area contributed by atoms with E-state index in [4.69, 9.17) is 0 Å². The minimum Gasteiger partial charge on any atom is -0.550 e. The Morgan fingerprint density at radius 1 is 0.235 bits per heavy atom. The minimum absolute atomic E-state index is 0. The van der Waals surface area contributed by atoms with Crippen molar-refractivity contribution in [2.24, 2.45) is 0 Å². The van der Waals surface area contributed by atoms with E-state index >= 15 is 0 Å². The van der Waals surface area contributed by atoms with Crippen LogP contribution in [0.1, 0.15) is 452 Å². The third-order valence-electron chi connectivity index (χ3n) is 19.0. The first-order valence-electron chi connectivity index (χ1n) is 39.1. The van der Waals surface area contributed by atoms with E-state index in [1.54, 1.807) is 0 Å². The van der Waals surface area contributed by atoms with Gasteiger partial charge in [0, 0.05) is 24.0 Å². The minimum atomic E-state index is -0.902. The van der Waals surface area contributed by atoms with Gasteiger partial charge >= 0.3 is 37.7 Å². The number of hydrogen-bond acceptors (Lipinski definition) is 6. The van der Waals surface area contributed by atoms with E-state index in [0.717, 1.165) is 39.0 Å². The molecule has 0 aromatic rings. The molecular weight excluding hydrogens is 1070 g/mol. The average Bonchev–Trinajstić information content (AvgIpc) is 3.51. The first kappa shape index (κ1) is 89.3. The maximum atomic E-state index is 11.0. The summed E-state index contributed by atoms with van der Waals surface area (Å²) in [5.41, 5.74) is 0. The van der Waals surface area contributed by atoms with Gasteiger partial charge in [-0.25, -0.2) is 0 Å². The van der Waals surface area contributed by atoms with Gasteiger partial charge in [0.25, 0.3) is 0 Å². The standard InChI is InChI=1S/2C39H79NO2.Ca/c2*1-4-6-8-10-12-14-16-18-20-22-24-26-28-30-32-36-40(38(3)34-35-39(41)42)37-33-31-29-27-25-23-21-19-17-15-13-11-9-7-5-2;/h2*38H,4-37H2,1-3H3,(H,41,42);/q;;+2/p-2. The number of rotatable bonds is 72. The summed E-state index contributed by atoms with van der Waals surface area (Å²) >= 11 is 0. The molecular formula is C78H156CaN2O4. The fourth-order valence-electron chi connectivity index (χ4n) is 12.9. The molecule has 0 spiro atoms. The summed E-state index contributed by atoms with van der Waals surface area (Å²) in [6.07, 6.45) is 85.8. The van der Waals surface area contributed by atoms with Crippen LogP contribution in [0.25, 0.3) is 0 Å². The third-order valence-corrected chi connectivity index (χ3v) is 19.0. The Hall–Kier alpha value is 0.120. The summed E-state index contributed by atoms with van der Waals surface area (Å²) in [5, 5.41) is 22.0. The van der Waals surface area contributed by atoms with E-state index in [9.17, 15) is 19.8 Å². The Labute approximate surface area is 565 Å². The fraction of sp³-hybridized carbons (Fsp3) is 0.974. The number of hydrogen-bond donors (Lipinski definition) is 0. The van der Waals surface area contributed by atoms with Crippen LogP contribution in [0.4, 0.5) is 0 Å². The molecule has 0 aliphatic heterocycles. The van der Waals surface area contributed by atoms with Gasteiger partial charge in [-0.15, -0.1) is 0 Å². The maximum absolute atomic E-state index is 11.0. The van der Waals surface area contributed by atoms with Gasteiger partial charge in [0.2, 0.25) is 0 Å². The predicted molar refractivity (Wildman–Crippen MR) is 376 cm³/mol. The van der Waals surface area contributed by atoms with Gasteiger partial charge in [0.1, 0.15) is 0 Å². The second kappa shape index (κ2) is 78.4. The SMILES string of the molecule is CCCCCCCCCCCCCCCCCN(CCCCCCCCCCCCCCCCC)C(C)CCC(=O)[O-].CCCCCCCCCCCCCCCCCN(CCCCCCCCCCCCCCCCC)C(C)CCC(=O)[O-].[Ca+2]. The van der Waals surface area contributed by atoms with Gasteiger partial charge in [-0.2, -0.15) is 0 Å². The topological polar surface area (TPSA) is 86.7 Å². The molecule has 0 aromatic heterocycles. The molecule has 504 valence electrons. The van der Waals surface area contributed by atoms with E-state index in [2.05, 4.69) is 51.3 Å². The van der Waals surface area contributed by atoms with Crippen molar-refractivity contribution in [3.05, 3.63) is 0 Å². The van der Waals surface area contributed by atoms with Gasteiger partial charge in [-0.3, -0.25) is 0 Å². The number of unbranched alkanes of at least 4 members (excludes halogenated alkanes) is 56. The number of carboxylic acid groups (broad SMARTS) is 2. The van der Waals surface area contributed by atoms with Crippen LogP contribution < -0.4 is 10.2 Å². The summed E-state index contributed by atoms with van der Waals surface area (Å²) in [7, 11) is 0. The van der Waals surface area contributed by atoms with Gasteiger partial charge in [-0.1, -0.05) is 387 Å². The van der Waals surface area contributed by atoms with Gasteiger partial charge in [0.05, 0.1) is 0 Å². The van der Waals surface area contributed by atoms with Crippen molar-refractivity contribution in [3.63, 3.8) is 0 Å². The van der Waals surface area contributed by atoms with Crippen LogP contribution in [0.15, 0.2) is 0 Å². The van der Waals surface area contributed by atoms with E-state index < -0.39 is 11.9 Å². The molecule has 6 nitrogen and oxygen atoms in total. The van der Waals surface area contributed by atoms with Crippen molar-refractivity contribution in [2.45, 2.75) is 465 Å². The third kappa shape index (κ3) is 76.5. The summed E-state index contributed by atoms with van der Waals surface area (Å²) in [4.78, 5) is 27.2. The molecule has 0 aliphatic carbocycles. The van der Waals surface area contributed by atoms with Crippen molar-refractivity contribution in [1.29, 1.82) is 0 Å². The smallest absolute Gasteiger partial charge is 0.550 e. The molecule has 0 amide bonds. The zero-order valence-corrected chi connectivity index (χ0v) is 61.7. The number of nitrogens with zero attached hydrogens (tertiary/aromatic N) is 2. The molecule has 7 heteroatoms. The quantitative estimate of drug-likeness (QED) is 0.0445. The Bertz CT molecular complexity index is 1080. The normalized spacial score (nSPS) is 12.2. The van der Waals surface area contributed by atoms with Gasteiger partial charge in [0.15, 0.2) is 0 Å².